The molecule has 0 bridgehead atoms. The van der Waals surface area contributed by atoms with Gasteiger partial charge in [-0.25, -0.2) is 0 Å². The SMILES string of the molecule is C=CCOC(=O)CCCS(=O)(=O)O. The third kappa shape index (κ3) is 9.03. The molecule has 5 nitrogen and oxygen atoms in total. The van der Waals surface area contributed by atoms with Gasteiger partial charge in [-0.1, -0.05) is 12.7 Å². The van der Waals surface area contributed by atoms with E-state index in [1.165, 1.54) is 6.08 Å². The summed E-state index contributed by atoms with van der Waals surface area (Å²) in [6.07, 6.45) is 1.46. The molecule has 0 aromatic heterocycles. The smallest absolute Gasteiger partial charge is 0.306 e. The molecule has 76 valence electrons. The fourth-order valence-corrected chi connectivity index (χ4v) is 1.13. The predicted octanol–water partition coefficient (Wildman–Crippen LogP) is 0.384. The summed E-state index contributed by atoms with van der Waals surface area (Å²) in [6.45, 7) is 3.45. The van der Waals surface area contributed by atoms with Crippen molar-refractivity contribution >= 4 is 16.1 Å². The molecule has 0 heterocycles. The number of ether oxygens (including phenoxy) is 1. The van der Waals surface area contributed by atoms with Gasteiger partial charge in [0.25, 0.3) is 10.1 Å². The van der Waals surface area contributed by atoms with Crippen LogP contribution in [0.5, 0.6) is 0 Å². The lowest BCUT2D eigenvalue weighted by Gasteiger charge is -1.99. The molecule has 0 rings (SSSR count). The number of carbonyl (C=O) groups excluding carboxylic acids is 1. The van der Waals surface area contributed by atoms with Crippen molar-refractivity contribution in [3.8, 4) is 0 Å². The summed E-state index contributed by atoms with van der Waals surface area (Å²) in [5.74, 6) is -0.917. The van der Waals surface area contributed by atoms with Gasteiger partial charge < -0.3 is 4.74 Å². The Morgan fingerprint density at radius 1 is 1.54 bits per heavy atom. The second-order valence-electron chi connectivity index (χ2n) is 2.36. The molecule has 0 fully saturated rings. The van der Waals surface area contributed by atoms with Crippen LogP contribution in [0.1, 0.15) is 12.8 Å². The van der Waals surface area contributed by atoms with Crippen LogP contribution in [0.15, 0.2) is 12.7 Å². The largest absolute Gasteiger partial charge is 0.461 e. The molecule has 13 heavy (non-hydrogen) atoms. The lowest BCUT2D eigenvalue weighted by molar-refractivity contribution is -0.142. The Hall–Kier alpha value is -0.880. The molecule has 0 saturated heterocycles. The van der Waals surface area contributed by atoms with Crippen molar-refractivity contribution < 1.29 is 22.5 Å². The van der Waals surface area contributed by atoms with Gasteiger partial charge in [0.1, 0.15) is 6.61 Å². The van der Waals surface area contributed by atoms with E-state index >= 15 is 0 Å². The number of hydrogen-bond donors (Lipinski definition) is 1. The molecule has 6 heteroatoms. The van der Waals surface area contributed by atoms with Crippen molar-refractivity contribution in [3.63, 3.8) is 0 Å². The highest BCUT2D eigenvalue weighted by molar-refractivity contribution is 7.85. The van der Waals surface area contributed by atoms with Crippen molar-refractivity contribution in [1.82, 2.24) is 0 Å². The normalized spacial score (nSPS) is 10.8. The monoisotopic (exact) mass is 208 g/mol. The Labute approximate surface area is 77.1 Å². The van der Waals surface area contributed by atoms with Crippen molar-refractivity contribution in [3.05, 3.63) is 12.7 Å². The first-order valence-corrected chi connectivity index (χ1v) is 5.28. The van der Waals surface area contributed by atoms with Crippen LogP contribution in [-0.2, 0) is 19.6 Å². The van der Waals surface area contributed by atoms with Crippen LogP contribution >= 0.6 is 0 Å². The Bertz CT molecular complexity index is 267. The number of rotatable bonds is 6. The van der Waals surface area contributed by atoms with E-state index in [0.29, 0.717) is 0 Å². The fraction of sp³-hybridized carbons (Fsp3) is 0.571. The van der Waals surface area contributed by atoms with Crippen molar-refractivity contribution in [1.29, 1.82) is 0 Å². The molecular weight excluding hydrogens is 196 g/mol. The minimum absolute atomic E-state index is 0.0202. The Balaban J connectivity index is 3.54. The van der Waals surface area contributed by atoms with Crippen molar-refractivity contribution in [2.24, 2.45) is 0 Å². The Morgan fingerprint density at radius 3 is 2.62 bits per heavy atom. The second kappa shape index (κ2) is 5.71. The molecule has 0 saturated carbocycles. The zero-order valence-electron chi connectivity index (χ0n) is 7.10. The third-order valence-corrected chi connectivity index (χ3v) is 1.95. The predicted molar refractivity (Wildman–Crippen MR) is 46.8 cm³/mol. The van der Waals surface area contributed by atoms with Crippen molar-refractivity contribution in [2.45, 2.75) is 12.8 Å². The van der Waals surface area contributed by atoms with E-state index in [4.69, 9.17) is 4.55 Å². The van der Waals surface area contributed by atoms with E-state index in [9.17, 15) is 13.2 Å². The summed E-state index contributed by atoms with van der Waals surface area (Å²) >= 11 is 0. The van der Waals surface area contributed by atoms with Crippen LogP contribution in [0.3, 0.4) is 0 Å². The van der Waals surface area contributed by atoms with E-state index < -0.39 is 21.8 Å². The molecular formula is C7H12O5S. The van der Waals surface area contributed by atoms with E-state index in [2.05, 4.69) is 11.3 Å². The average Bonchev–Trinajstić information content (AvgIpc) is 1.98. The molecule has 0 amide bonds. The van der Waals surface area contributed by atoms with E-state index in [0.717, 1.165) is 0 Å². The van der Waals surface area contributed by atoms with E-state index in [1.54, 1.807) is 0 Å². The zero-order chi connectivity index (χ0) is 10.3. The van der Waals surface area contributed by atoms with Gasteiger partial charge >= 0.3 is 5.97 Å². The molecule has 0 aliphatic rings. The minimum atomic E-state index is -3.97. The maximum atomic E-state index is 10.7. The lowest BCUT2D eigenvalue weighted by Crippen LogP contribution is -2.09. The van der Waals surface area contributed by atoms with Crippen molar-refractivity contribution in [2.75, 3.05) is 12.4 Å². The number of hydrogen-bond acceptors (Lipinski definition) is 4. The fourth-order valence-electron chi connectivity index (χ4n) is 0.623. The van der Waals surface area contributed by atoms with Crippen LogP contribution in [0, 0.1) is 0 Å². The second-order valence-corrected chi connectivity index (χ2v) is 3.93. The van der Waals surface area contributed by atoms with Gasteiger partial charge in [-0.05, 0) is 6.42 Å². The molecule has 1 N–H and O–H groups in total. The van der Waals surface area contributed by atoms with Gasteiger partial charge in [-0.3, -0.25) is 9.35 Å². The molecule has 0 radical (unpaired) electrons. The lowest BCUT2D eigenvalue weighted by atomic mass is 10.3. The standard InChI is InChI=1S/C7H12O5S/c1-2-5-12-7(8)4-3-6-13(9,10)11/h2H,1,3-6H2,(H,9,10,11). The molecule has 0 atom stereocenters. The zero-order valence-corrected chi connectivity index (χ0v) is 7.92. The summed E-state index contributed by atoms with van der Waals surface area (Å²) in [6, 6.07) is 0. The molecule has 0 unspecified atom stereocenters. The van der Waals surface area contributed by atoms with Gasteiger partial charge in [0.05, 0.1) is 5.75 Å². The van der Waals surface area contributed by atoms with Gasteiger partial charge in [-0.15, -0.1) is 0 Å². The topological polar surface area (TPSA) is 80.7 Å². The minimum Gasteiger partial charge on any atom is -0.461 e. The van der Waals surface area contributed by atoms with Crippen LogP contribution in [0.4, 0.5) is 0 Å². The van der Waals surface area contributed by atoms with E-state index in [1.807, 2.05) is 0 Å². The molecule has 0 aliphatic heterocycles. The summed E-state index contributed by atoms with van der Waals surface area (Å²) in [5, 5.41) is 0. The first-order chi connectivity index (χ1) is 5.95. The Kier molecular flexibility index (Phi) is 5.33. The van der Waals surface area contributed by atoms with Crippen LogP contribution < -0.4 is 0 Å². The molecule has 0 aromatic rings. The van der Waals surface area contributed by atoms with Gasteiger partial charge in [0.15, 0.2) is 0 Å². The highest BCUT2D eigenvalue weighted by Crippen LogP contribution is 1.96. The quantitative estimate of drug-likeness (QED) is 0.388. The summed E-state index contributed by atoms with van der Waals surface area (Å²) in [4.78, 5) is 10.7. The number of carbonyl (C=O) groups is 1. The van der Waals surface area contributed by atoms with Crippen LogP contribution in [0.25, 0.3) is 0 Å². The van der Waals surface area contributed by atoms with Gasteiger partial charge in [0, 0.05) is 6.42 Å². The summed E-state index contributed by atoms with van der Waals surface area (Å²) in [7, 11) is -3.97. The number of esters is 1. The molecule has 0 aromatic carbocycles. The Morgan fingerprint density at radius 2 is 2.15 bits per heavy atom. The van der Waals surface area contributed by atoms with Crippen LogP contribution in [-0.4, -0.2) is 31.3 Å². The van der Waals surface area contributed by atoms with Gasteiger partial charge in [-0.2, -0.15) is 8.42 Å². The first kappa shape index (κ1) is 12.1. The molecule has 0 spiro atoms. The van der Waals surface area contributed by atoms with E-state index in [-0.39, 0.29) is 19.4 Å². The highest BCUT2D eigenvalue weighted by Gasteiger charge is 2.07. The maximum absolute atomic E-state index is 10.7. The average molecular weight is 208 g/mol. The third-order valence-electron chi connectivity index (χ3n) is 1.15. The summed E-state index contributed by atoms with van der Waals surface area (Å²) in [5.41, 5.74) is 0. The highest BCUT2D eigenvalue weighted by atomic mass is 32.2. The molecule has 0 aliphatic carbocycles. The maximum Gasteiger partial charge on any atom is 0.306 e. The summed E-state index contributed by atoms with van der Waals surface area (Å²) < 4.78 is 33.3. The van der Waals surface area contributed by atoms with Gasteiger partial charge in [0.2, 0.25) is 0 Å². The first-order valence-electron chi connectivity index (χ1n) is 3.67. The van der Waals surface area contributed by atoms with Crippen LogP contribution in [0.2, 0.25) is 0 Å².